The minimum absolute atomic E-state index is 0.360. The lowest BCUT2D eigenvalue weighted by molar-refractivity contribution is 0.311. The molecule has 0 spiro atoms. The van der Waals surface area contributed by atoms with Crippen LogP contribution >= 0.6 is 15.9 Å². The molecular weight excluding hydrogens is 398 g/mol. The Balaban J connectivity index is 1.50. The Morgan fingerprint density at radius 2 is 1.64 bits per heavy atom. The molecule has 0 radical (unpaired) electrons. The number of allylic oxidation sites excluding steroid dienone is 2. The Morgan fingerprint density at radius 1 is 0.960 bits per heavy atom. The number of sulfonamides is 1. The Labute approximate surface area is 157 Å². The normalized spacial score (nSPS) is 18.8. The number of fused-ring (bicyclic) bond motifs is 1. The lowest BCUT2D eigenvalue weighted by atomic mass is 9.87. The van der Waals surface area contributed by atoms with Crippen molar-refractivity contribution in [2.45, 2.75) is 24.2 Å². The zero-order valence-corrected chi connectivity index (χ0v) is 16.3. The standard InChI is InChI=1S/C20H20BrNO2S/c21-19-7-3-4-8-20(19)25(23,24)22-13-11-16(12-14-22)18-10-9-15-5-1-2-6-17(15)18/h1-8,10,16H,9,11-14H2. The molecular formula is C20H20BrNO2S. The maximum Gasteiger partial charge on any atom is 0.244 e. The maximum atomic E-state index is 12.9. The molecule has 2 aliphatic rings. The van der Waals surface area contributed by atoms with Crippen LogP contribution < -0.4 is 0 Å². The minimum atomic E-state index is -3.43. The topological polar surface area (TPSA) is 37.4 Å². The highest BCUT2D eigenvalue weighted by Crippen LogP contribution is 2.39. The molecule has 130 valence electrons. The zero-order chi connectivity index (χ0) is 17.4. The van der Waals surface area contributed by atoms with Gasteiger partial charge in [0.15, 0.2) is 0 Å². The molecule has 3 nitrogen and oxygen atoms in total. The number of nitrogens with zero attached hydrogens (tertiary/aromatic N) is 1. The van der Waals surface area contributed by atoms with Gasteiger partial charge in [-0.2, -0.15) is 4.31 Å². The van der Waals surface area contributed by atoms with E-state index in [9.17, 15) is 8.42 Å². The average Bonchev–Trinajstić information content (AvgIpc) is 3.06. The molecule has 0 N–H and O–H groups in total. The molecule has 1 aliphatic carbocycles. The highest BCUT2D eigenvalue weighted by Gasteiger charge is 2.32. The first-order chi connectivity index (χ1) is 12.1. The van der Waals surface area contributed by atoms with Crippen LogP contribution in [0.25, 0.3) is 5.57 Å². The molecule has 0 atom stereocenters. The quantitative estimate of drug-likeness (QED) is 0.737. The summed E-state index contributed by atoms with van der Waals surface area (Å²) in [6.45, 7) is 1.15. The molecule has 0 amide bonds. The van der Waals surface area contributed by atoms with Gasteiger partial charge in [-0.15, -0.1) is 0 Å². The van der Waals surface area contributed by atoms with Gasteiger partial charge in [0.05, 0.1) is 4.90 Å². The second kappa shape index (κ2) is 6.71. The summed E-state index contributed by atoms with van der Waals surface area (Å²) < 4.78 is 28.1. The van der Waals surface area contributed by atoms with Gasteiger partial charge in [0.2, 0.25) is 10.0 Å². The van der Waals surface area contributed by atoms with Crippen molar-refractivity contribution in [3.05, 3.63) is 70.2 Å². The van der Waals surface area contributed by atoms with Crippen molar-refractivity contribution in [2.75, 3.05) is 13.1 Å². The largest absolute Gasteiger partial charge is 0.244 e. The lowest BCUT2D eigenvalue weighted by Crippen LogP contribution is -2.38. The third kappa shape index (κ3) is 3.09. The van der Waals surface area contributed by atoms with E-state index in [1.807, 2.05) is 6.07 Å². The maximum absolute atomic E-state index is 12.9. The summed E-state index contributed by atoms with van der Waals surface area (Å²) in [6, 6.07) is 15.6. The number of benzene rings is 2. The lowest BCUT2D eigenvalue weighted by Gasteiger charge is -2.32. The van der Waals surface area contributed by atoms with Gasteiger partial charge < -0.3 is 0 Å². The second-order valence-corrected chi connectivity index (χ2v) is 9.39. The van der Waals surface area contributed by atoms with E-state index in [-0.39, 0.29) is 0 Å². The van der Waals surface area contributed by atoms with E-state index in [1.165, 1.54) is 16.7 Å². The van der Waals surface area contributed by atoms with Crippen LogP contribution in [0.3, 0.4) is 0 Å². The van der Waals surface area contributed by atoms with Crippen LogP contribution in [0.4, 0.5) is 0 Å². The van der Waals surface area contributed by atoms with Gasteiger partial charge in [0.1, 0.15) is 0 Å². The molecule has 1 fully saturated rings. The molecule has 4 rings (SSSR count). The minimum Gasteiger partial charge on any atom is -0.207 e. The molecule has 1 saturated heterocycles. The third-order valence-electron chi connectivity index (χ3n) is 5.22. The third-order valence-corrected chi connectivity index (χ3v) is 8.13. The van der Waals surface area contributed by atoms with Crippen molar-refractivity contribution in [3.8, 4) is 0 Å². The summed E-state index contributed by atoms with van der Waals surface area (Å²) in [5.74, 6) is 0.453. The van der Waals surface area contributed by atoms with E-state index in [0.717, 1.165) is 19.3 Å². The number of halogens is 1. The highest BCUT2D eigenvalue weighted by atomic mass is 79.9. The van der Waals surface area contributed by atoms with Crippen LogP contribution in [0.1, 0.15) is 24.0 Å². The first-order valence-corrected chi connectivity index (χ1v) is 10.8. The van der Waals surface area contributed by atoms with Crippen molar-refractivity contribution >= 4 is 31.5 Å². The molecule has 1 heterocycles. The van der Waals surface area contributed by atoms with Crippen LogP contribution in [0.5, 0.6) is 0 Å². The van der Waals surface area contributed by atoms with E-state index in [2.05, 4.69) is 46.3 Å². The van der Waals surface area contributed by atoms with Crippen LogP contribution in [0.2, 0.25) is 0 Å². The Bertz CT molecular complexity index is 928. The molecule has 0 bridgehead atoms. The number of rotatable bonds is 3. The van der Waals surface area contributed by atoms with Crippen LogP contribution in [-0.2, 0) is 16.4 Å². The first-order valence-electron chi connectivity index (χ1n) is 8.60. The van der Waals surface area contributed by atoms with E-state index >= 15 is 0 Å². The van der Waals surface area contributed by atoms with Gasteiger partial charge in [-0.25, -0.2) is 8.42 Å². The monoisotopic (exact) mass is 417 g/mol. The fourth-order valence-electron chi connectivity index (χ4n) is 3.90. The van der Waals surface area contributed by atoms with Crippen molar-refractivity contribution in [2.24, 2.45) is 5.92 Å². The van der Waals surface area contributed by atoms with Gasteiger partial charge in [-0.1, -0.05) is 42.5 Å². The van der Waals surface area contributed by atoms with Gasteiger partial charge in [-0.3, -0.25) is 0 Å². The summed E-state index contributed by atoms with van der Waals surface area (Å²) in [7, 11) is -3.43. The van der Waals surface area contributed by atoms with Crippen LogP contribution in [0.15, 0.2) is 64.0 Å². The predicted molar refractivity (Wildman–Crippen MR) is 104 cm³/mol. The molecule has 1 aliphatic heterocycles. The van der Waals surface area contributed by atoms with Crippen molar-refractivity contribution < 1.29 is 8.42 Å². The number of hydrogen-bond acceptors (Lipinski definition) is 2. The Hall–Kier alpha value is -1.43. The van der Waals surface area contributed by atoms with E-state index in [0.29, 0.717) is 28.4 Å². The summed E-state index contributed by atoms with van der Waals surface area (Å²) in [4.78, 5) is 0.360. The fourth-order valence-corrected chi connectivity index (χ4v) is 6.33. The van der Waals surface area contributed by atoms with Crippen molar-refractivity contribution in [3.63, 3.8) is 0 Å². The van der Waals surface area contributed by atoms with Crippen LogP contribution in [-0.4, -0.2) is 25.8 Å². The van der Waals surface area contributed by atoms with E-state index in [4.69, 9.17) is 0 Å². The van der Waals surface area contributed by atoms with E-state index in [1.54, 1.807) is 22.5 Å². The summed E-state index contributed by atoms with van der Waals surface area (Å²) in [5.41, 5.74) is 4.16. The molecule has 25 heavy (non-hydrogen) atoms. The summed E-state index contributed by atoms with van der Waals surface area (Å²) in [5, 5.41) is 0. The van der Waals surface area contributed by atoms with Crippen molar-refractivity contribution in [1.82, 2.24) is 4.31 Å². The molecule has 0 saturated carbocycles. The van der Waals surface area contributed by atoms with Crippen molar-refractivity contribution in [1.29, 1.82) is 0 Å². The highest BCUT2D eigenvalue weighted by molar-refractivity contribution is 9.10. The molecule has 5 heteroatoms. The smallest absolute Gasteiger partial charge is 0.207 e. The summed E-state index contributed by atoms with van der Waals surface area (Å²) in [6.07, 6.45) is 5.09. The summed E-state index contributed by atoms with van der Waals surface area (Å²) >= 11 is 3.37. The SMILES string of the molecule is O=S(=O)(c1ccccc1Br)N1CCC(C2=CCc3ccccc32)CC1. The molecule has 0 aromatic heterocycles. The predicted octanol–water partition coefficient (Wildman–Crippen LogP) is 4.49. The van der Waals surface area contributed by atoms with Gasteiger partial charge in [0, 0.05) is 17.6 Å². The first kappa shape index (κ1) is 17.0. The fraction of sp³-hybridized carbons (Fsp3) is 0.300. The van der Waals surface area contributed by atoms with E-state index < -0.39 is 10.0 Å². The van der Waals surface area contributed by atoms with Gasteiger partial charge in [0.25, 0.3) is 0 Å². The molecule has 2 aromatic carbocycles. The Kier molecular flexibility index (Phi) is 4.56. The van der Waals surface area contributed by atoms with Gasteiger partial charge in [-0.05, 0) is 69.9 Å². The second-order valence-electron chi connectivity index (χ2n) is 6.63. The average molecular weight is 418 g/mol. The molecule has 0 unspecified atom stereocenters. The Morgan fingerprint density at radius 3 is 2.40 bits per heavy atom. The number of hydrogen-bond donors (Lipinski definition) is 0. The van der Waals surface area contributed by atoms with Crippen LogP contribution in [0, 0.1) is 5.92 Å². The zero-order valence-electron chi connectivity index (χ0n) is 13.9. The molecule has 2 aromatic rings. The number of piperidine rings is 1. The van der Waals surface area contributed by atoms with Gasteiger partial charge >= 0.3 is 0 Å².